The maximum absolute atomic E-state index is 12.2. The van der Waals surface area contributed by atoms with Crippen molar-refractivity contribution in [2.75, 3.05) is 12.4 Å². The molecular formula is C19H18N4O3. The van der Waals surface area contributed by atoms with Crippen molar-refractivity contribution in [1.82, 2.24) is 9.99 Å². The Morgan fingerprint density at radius 1 is 1.23 bits per heavy atom. The zero-order valence-electron chi connectivity index (χ0n) is 14.3. The topological polar surface area (TPSA) is 91.7 Å². The summed E-state index contributed by atoms with van der Waals surface area (Å²) >= 11 is 0. The number of nitrogens with one attached hydrogen (secondary N) is 1. The van der Waals surface area contributed by atoms with Crippen LogP contribution in [-0.4, -0.2) is 40.9 Å². The number of hydrogen-bond donors (Lipinski definition) is 1. The number of rotatable bonds is 5. The third-order valence-electron chi connectivity index (χ3n) is 4.03. The van der Waals surface area contributed by atoms with Crippen LogP contribution in [0.2, 0.25) is 0 Å². The molecule has 2 amide bonds. The summed E-state index contributed by atoms with van der Waals surface area (Å²) in [4.78, 5) is 38.7. The Morgan fingerprint density at radius 3 is 2.77 bits per heavy atom. The van der Waals surface area contributed by atoms with E-state index in [1.807, 2.05) is 24.3 Å². The van der Waals surface area contributed by atoms with Crippen molar-refractivity contribution in [3.8, 4) is 0 Å². The predicted octanol–water partition coefficient (Wildman–Crippen LogP) is 2.03. The van der Waals surface area contributed by atoms with Crippen LogP contribution in [0.5, 0.6) is 0 Å². The summed E-state index contributed by atoms with van der Waals surface area (Å²) in [6.07, 6.45) is 3.73. The Kier molecular flexibility index (Phi) is 5.17. The summed E-state index contributed by atoms with van der Waals surface area (Å²) in [6, 6.07) is 11.0. The first-order chi connectivity index (χ1) is 12.5. The second kappa shape index (κ2) is 7.69. The molecule has 26 heavy (non-hydrogen) atoms. The molecule has 0 spiro atoms. The van der Waals surface area contributed by atoms with Crippen LogP contribution >= 0.6 is 0 Å². The van der Waals surface area contributed by atoms with E-state index >= 15 is 0 Å². The molecule has 0 bridgehead atoms. The lowest BCUT2D eigenvalue weighted by atomic mass is 10.0. The molecule has 0 fully saturated rings. The number of amides is 2. The molecule has 2 aromatic rings. The highest BCUT2D eigenvalue weighted by Gasteiger charge is 2.22. The van der Waals surface area contributed by atoms with E-state index in [-0.39, 0.29) is 18.2 Å². The van der Waals surface area contributed by atoms with Crippen molar-refractivity contribution in [3.63, 3.8) is 0 Å². The van der Waals surface area contributed by atoms with Gasteiger partial charge in [0.2, 0.25) is 5.91 Å². The molecular weight excluding hydrogens is 332 g/mol. The Balaban J connectivity index is 1.64. The van der Waals surface area contributed by atoms with E-state index in [2.05, 4.69) is 15.4 Å². The zero-order valence-corrected chi connectivity index (χ0v) is 14.3. The highest BCUT2D eigenvalue weighted by Crippen LogP contribution is 2.13. The van der Waals surface area contributed by atoms with Crippen LogP contribution in [0.1, 0.15) is 34.3 Å². The van der Waals surface area contributed by atoms with Gasteiger partial charge in [-0.05, 0) is 29.7 Å². The molecule has 1 aliphatic heterocycles. The summed E-state index contributed by atoms with van der Waals surface area (Å²) < 4.78 is 0. The van der Waals surface area contributed by atoms with E-state index in [0.29, 0.717) is 29.9 Å². The van der Waals surface area contributed by atoms with Crippen molar-refractivity contribution in [2.45, 2.75) is 19.3 Å². The summed E-state index contributed by atoms with van der Waals surface area (Å²) in [5.74, 6) is -0.0476. The van der Waals surface area contributed by atoms with Gasteiger partial charge in [-0.15, -0.1) is 0 Å². The van der Waals surface area contributed by atoms with Crippen molar-refractivity contribution >= 4 is 29.6 Å². The second-order valence-electron chi connectivity index (χ2n) is 6.01. The minimum absolute atomic E-state index is 0.109. The van der Waals surface area contributed by atoms with Crippen molar-refractivity contribution in [1.29, 1.82) is 0 Å². The molecule has 2 heterocycles. The van der Waals surface area contributed by atoms with Gasteiger partial charge in [0.05, 0.1) is 0 Å². The Morgan fingerprint density at radius 2 is 2.08 bits per heavy atom. The smallest absolute Gasteiger partial charge is 0.273 e. The molecule has 7 nitrogen and oxygen atoms in total. The van der Waals surface area contributed by atoms with E-state index in [1.54, 1.807) is 18.3 Å². The predicted molar refractivity (Wildman–Crippen MR) is 96.9 cm³/mol. The first kappa shape index (κ1) is 17.5. The lowest BCUT2D eigenvalue weighted by molar-refractivity contribution is -0.130. The van der Waals surface area contributed by atoms with E-state index < -0.39 is 0 Å². The van der Waals surface area contributed by atoms with Gasteiger partial charge in [0.1, 0.15) is 17.8 Å². The third-order valence-corrected chi connectivity index (χ3v) is 4.03. The van der Waals surface area contributed by atoms with Gasteiger partial charge in [-0.3, -0.25) is 14.4 Å². The first-order valence-corrected chi connectivity index (χ1v) is 8.19. The molecule has 0 radical (unpaired) electrons. The van der Waals surface area contributed by atoms with Gasteiger partial charge < -0.3 is 5.32 Å². The number of hydrogen-bond acceptors (Lipinski definition) is 5. The fraction of sp³-hybridized carbons (Fsp3) is 0.211. The maximum atomic E-state index is 12.2. The maximum Gasteiger partial charge on any atom is 0.273 e. The fourth-order valence-corrected chi connectivity index (χ4v) is 2.64. The number of carbonyl (C=O) groups is 3. The first-order valence-electron chi connectivity index (χ1n) is 8.19. The van der Waals surface area contributed by atoms with Crippen LogP contribution in [0.15, 0.2) is 47.7 Å². The number of aldehydes is 1. The minimum atomic E-state index is -0.358. The van der Waals surface area contributed by atoms with Gasteiger partial charge in [0.25, 0.3) is 5.91 Å². The van der Waals surface area contributed by atoms with Crippen LogP contribution in [0.3, 0.4) is 0 Å². The molecule has 0 saturated carbocycles. The SMILES string of the molecule is CN1N=C(C(=O)Nc2ccc(Cc3cccc(C=O)c3)cn2)CCC1=O. The number of nitrogens with zero attached hydrogens (tertiary/aromatic N) is 3. The summed E-state index contributed by atoms with van der Waals surface area (Å²) in [7, 11) is 1.53. The van der Waals surface area contributed by atoms with Gasteiger partial charge >= 0.3 is 0 Å². The Labute approximate surface area is 150 Å². The Bertz CT molecular complexity index is 875. The molecule has 1 N–H and O–H groups in total. The molecule has 0 aliphatic carbocycles. The normalized spacial score (nSPS) is 14.0. The number of pyridine rings is 1. The minimum Gasteiger partial charge on any atom is -0.305 e. The second-order valence-corrected chi connectivity index (χ2v) is 6.01. The van der Waals surface area contributed by atoms with Crippen LogP contribution in [0.4, 0.5) is 5.82 Å². The molecule has 1 aromatic carbocycles. The largest absolute Gasteiger partial charge is 0.305 e. The zero-order chi connectivity index (χ0) is 18.5. The van der Waals surface area contributed by atoms with Crippen molar-refractivity contribution in [2.24, 2.45) is 5.10 Å². The van der Waals surface area contributed by atoms with Gasteiger partial charge in [0.15, 0.2) is 0 Å². The average Bonchev–Trinajstić information content (AvgIpc) is 2.65. The molecule has 1 aliphatic rings. The van der Waals surface area contributed by atoms with E-state index in [4.69, 9.17) is 0 Å². The highest BCUT2D eigenvalue weighted by atomic mass is 16.2. The van der Waals surface area contributed by atoms with Gasteiger partial charge in [0, 0.05) is 31.6 Å². The van der Waals surface area contributed by atoms with E-state index in [9.17, 15) is 14.4 Å². The van der Waals surface area contributed by atoms with Gasteiger partial charge in [-0.1, -0.05) is 24.3 Å². The molecule has 0 saturated heterocycles. The van der Waals surface area contributed by atoms with E-state index in [1.165, 1.54) is 12.1 Å². The van der Waals surface area contributed by atoms with Crippen LogP contribution < -0.4 is 5.32 Å². The molecule has 3 rings (SSSR count). The third kappa shape index (κ3) is 4.18. The molecule has 0 unspecified atom stereocenters. The number of aromatic nitrogens is 1. The molecule has 132 valence electrons. The monoisotopic (exact) mass is 350 g/mol. The van der Waals surface area contributed by atoms with Crippen molar-refractivity contribution < 1.29 is 14.4 Å². The van der Waals surface area contributed by atoms with Gasteiger partial charge in [-0.2, -0.15) is 5.10 Å². The number of carbonyl (C=O) groups excluding carboxylic acids is 3. The summed E-state index contributed by atoms with van der Waals surface area (Å²) in [6.45, 7) is 0. The quantitative estimate of drug-likeness (QED) is 0.835. The molecule has 0 atom stereocenters. The number of anilines is 1. The highest BCUT2D eigenvalue weighted by molar-refractivity contribution is 6.43. The molecule has 7 heteroatoms. The summed E-state index contributed by atoms with van der Waals surface area (Å²) in [5, 5.41) is 7.86. The van der Waals surface area contributed by atoms with Crippen LogP contribution in [0.25, 0.3) is 0 Å². The average molecular weight is 350 g/mol. The summed E-state index contributed by atoms with van der Waals surface area (Å²) in [5.41, 5.74) is 2.92. The number of benzene rings is 1. The standard InChI is InChI=1S/C19H18N4O3/c1-23-18(25)8-6-16(22-23)19(26)21-17-7-5-14(11-20-17)9-13-3-2-4-15(10-13)12-24/h2-5,7,10-12H,6,8-9H2,1H3,(H,20,21,26). The van der Waals surface area contributed by atoms with E-state index in [0.717, 1.165) is 17.4 Å². The lowest BCUT2D eigenvalue weighted by Crippen LogP contribution is -2.34. The Hall–Kier alpha value is -3.35. The van der Waals surface area contributed by atoms with Gasteiger partial charge in [-0.25, -0.2) is 9.99 Å². The molecule has 1 aromatic heterocycles. The van der Waals surface area contributed by atoms with Crippen LogP contribution in [-0.2, 0) is 16.0 Å². The van der Waals surface area contributed by atoms with Crippen LogP contribution in [0, 0.1) is 0 Å². The fourth-order valence-electron chi connectivity index (χ4n) is 2.64. The number of hydrazone groups is 1. The lowest BCUT2D eigenvalue weighted by Gasteiger charge is -2.18. The van der Waals surface area contributed by atoms with Crippen molar-refractivity contribution in [3.05, 3.63) is 59.3 Å².